The van der Waals surface area contributed by atoms with Gasteiger partial charge in [-0.25, -0.2) is 0 Å². The number of hydrogen-bond donors (Lipinski definition) is 0. The molecule has 0 saturated heterocycles. The van der Waals surface area contributed by atoms with Gasteiger partial charge in [0.25, 0.3) is 5.56 Å². The maximum atomic E-state index is 12.8. The van der Waals surface area contributed by atoms with E-state index in [2.05, 4.69) is 16.7 Å². The Balaban J connectivity index is 1.78. The van der Waals surface area contributed by atoms with Gasteiger partial charge in [-0.05, 0) is 30.3 Å². The first-order valence-electron chi connectivity index (χ1n) is 8.26. The fourth-order valence-electron chi connectivity index (χ4n) is 2.64. The zero-order valence-corrected chi connectivity index (χ0v) is 16.8. The lowest BCUT2D eigenvalue weighted by Crippen LogP contribution is -2.23. The molecule has 2 aromatic carbocycles. The van der Waals surface area contributed by atoms with Gasteiger partial charge >= 0.3 is 0 Å². The van der Waals surface area contributed by atoms with Crippen molar-refractivity contribution in [3.63, 3.8) is 0 Å². The van der Waals surface area contributed by atoms with Crippen molar-refractivity contribution in [3.05, 3.63) is 85.6 Å². The molecule has 0 saturated carbocycles. The van der Waals surface area contributed by atoms with Crippen molar-refractivity contribution in [2.75, 3.05) is 6.61 Å². The fourth-order valence-corrected chi connectivity index (χ4v) is 4.03. The molecule has 0 N–H and O–H groups in total. The van der Waals surface area contributed by atoms with Gasteiger partial charge in [0, 0.05) is 16.1 Å². The van der Waals surface area contributed by atoms with Crippen LogP contribution >= 0.6 is 34.5 Å². The molecular weight excluding hydrogens is 417 g/mol. The molecule has 0 radical (unpaired) electrons. The molecule has 0 aliphatic heterocycles. The van der Waals surface area contributed by atoms with Crippen LogP contribution in [0.1, 0.15) is 5.56 Å². The largest absolute Gasteiger partial charge is 0.489 e. The third kappa shape index (κ3) is 3.54. The maximum Gasteiger partial charge on any atom is 0.291 e. The van der Waals surface area contributed by atoms with Crippen LogP contribution in [0.2, 0.25) is 10.0 Å². The van der Waals surface area contributed by atoms with Gasteiger partial charge < -0.3 is 4.74 Å². The molecule has 0 aliphatic carbocycles. The second-order valence-electron chi connectivity index (χ2n) is 5.81. The third-order valence-corrected chi connectivity index (χ3v) is 5.42. The van der Waals surface area contributed by atoms with Gasteiger partial charge in [0.1, 0.15) is 12.4 Å². The van der Waals surface area contributed by atoms with Crippen LogP contribution in [-0.2, 0) is 0 Å². The Morgan fingerprint density at radius 2 is 2.04 bits per heavy atom. The van der Waals surface area contributed by atoms with E-state index >= 15 is 0 Å². The lowest BCUT2D eigenvalue weighted by Gasteiger charge is -2.05. The zero-order chi connectivity index (χ0) is 19.7. The van der Waals surface area contributed by atoms with E-state index < -0.39 is 0 Å². The molecule has 0 fully saturated rings. The molecule has 8 heteroatoms. The number of benzene rings is 2. The molecule has 2 aromatic heterocycles. The summed E-state index contributed by atoms with van der Waals surface area (Å²) in [6.45, 7) is 4.03. The molecule has 0 unspecified atom stereocenters. The summed E-state index contributed by atoms with van der Waals surface area (Å²) in [6, 6.07) is 12.5. The normalized spacial score (nSPS) is 11.9. The number of aromatic nitrogens is 3. The van der Waals surface area contributed by atoms with E-state index in [1.165, 1.54) is 15.9 Å². The number of hydrogen-bond acceptors (Lipinski definition) is 5. The first-order chi connectivity index (χ1) is 13.6. The number of rotatable bonds is 5. The van der Waals surface area contributed by atoms with Crippen LogP contribution in [-0.4, -0.2) is 21.2 Å². The molecule has 2 heterocycles. The summed E-state index contributed by atoms with van der Waals surface area (Å²) in [5.74, 6) is 1.06. The highest BCUT2D eigenvalue weighted by Gasteiger charge is 2.14. The van der Waals surface area contributed by atoms with Gasteiger partial charge in [0.05, 0.1) is 9.55 Å². The first-order valence-corrected chi connectivity index (χ1v) is 9.83. The fraction of sp³-hybridized carbons (Fsp3) is 0.0500. The number of fused-ring (bicyclic) bond motifs is 1. The number of thiazole rings is 1. The molecule has 0 spiro atoms. The number of halogens is 2. The quantitative estimate of drug-likeness (QED) is 0.445. The van der Waals surface area contributed by atoms with Crippen molar-refractivity contribution < 1.29 is 4.74 Å². The summed E-state index contributed by atoms with van der Waals surface area (Å²) in [4.78, 5) is 17.7. The molecule has 0 atom stereocenters. The maximum absolute atomic E-state index is 12.8. The summed E-state index contributed by atoms with van der Waals surface area (Å²) < 4.78 is 7.44. The standard InChI is InChI=1S/C20H13Cl2N3O2S/c1-2-9-27-16-6-4-3-5-12(16)10-17-19(26)25-20(28-17)23-18(24-25)14-8-7-13(21)11-15(14)22/h2-8,10-11H,1,9H2. The lowest BCUT2D eigenvalue weighted by atomic mass is 10.2. The van der Waals surface area contributed by atoms with Crippen molar-refractivity contribution in [2.45, 2.75) is 0 Å². The predicted molar refractivity (Wildman–Crippen MR) is 114 cm³/mol. The zero-order valence-electron chi connectivity index (χ0n) is 14.4. The van der Waals surface area contributed by atoms with E-state index in [4.69, 9.17) is 27.9 Å². The van der Waals surface area contributed by atoms with Gasteiger partial charge in [-0.15, -0.1) is 5.10 Å². The van der Waals surface area contributed by atoms with Crippen LogP contribution in [0, 0.1) is 0 Å². The highest BCUT2D eigenvalue weighted by molar-refractivity contribution is 7.15. The number of para-hydroxylation sites is 1. The van der Waals surface area contributed by atoms with E-state index in [0.717, 1.165) is 5.56 Å². The summed E-state index contributed by atoms with van der Waals surface area (Å²) in [7, 11) is 0. The van der Waals surface area contributed by atoms with Crippen molar-refractivity contribution in [3.8, 4) is 17.1 Å². The minimum atomic E-state index is -0.248. The van der Waals surface area contributed by atoms with E-state index in [1.807, 2.05) is 24.3 Å². The second-order valence-corrected chi connectivity index (χ2v) is 7.66. The van der Waals surface area contributed by atoms with E-state index in [9.17, 15) is 4.79 Å². The van der Waals surface area contributed by atoms with Crippen LogP contribution in [0.15, 0.2) is 59.9 Å². The van der Waals surface area contributed by atoms with Crippen LogP contribution in [0.5, 0.6) is 5.75 Å². The van der Waals surface area contributed by atoms with E-state index in [-0.39, 0.29) is 5.56 Å². The summed E-state index contributed by atoms with van der Waals surface area (Å²) in [6.07, 6.45) is 3.44. The highest BCUT2D eigenvalue weighted by atomic mass is 35.5. The summed E-state index contributed by atoms with van der Waals surface area (Å²) in [5, 5.41) is 5.27. The summed E-state index contributed by atoms with van der Waals surface area (Å²) in [5.41, 5.74) is 1.17. The molecule has 0 bridgehead atoms. The van der Waals surface area contributed by atoms with Crippen molar-refractivity contribution in [1.82, 2.24) is 14.6 Å². The molecular formula is C20H13Cl2N3O2S. The second kappa shape index (κ2) is 7.75. The number of nitrogens with zero attached hydrogens (tertiary/aromatic N) is 3. The average Bonchev–Trinajstić information content (AvgIpc) is 3.21. The molecule has 0 amide bonds. The van der Waals surface area contributed by atoms with Gasteiger partial charge in [-0.3, -0.25) is 4.79 Å². The SMILES string of the molecule is C=CCOc1ccccc1C=c1sc2nc(-c3ccc(Cl)cc3Cl)nn2c1=O. The van der Waals surface area contributed by atoms with Gasteiger partial charge in [0.15, 0.2) is 5.82 Å². The molecule has 140 valence electrons. The molecule has 0 aliphatic rings. The minimum Gasteiger partial charge on any atom is -0.489 e. The lowest BCUT2D eigenvalue weighted by molar-refractivity contribution is 0.362. The molecule has 4 rings (SSSR count). The Labute approximate surface area is 174 Å². The van der Waals surface area contributed by atoms with Crippen LogP contribution in [0.4, 0.5) is 0 Å². The predicted octanol–water partition coefficient (Wildman–Crippen LogP) is 4.24. The van der Waals surface area contributed by atoms with E-state index in [1.54, 1.807) is 30.4 Å². The average molecular weight is 430 g/mol. The minimum absolute atomic E-state index is 0.248. The summed E-state index contributed by atoms with van der Waals surface area (Å²) >= 11 is 13.4. The van der Waals surface area contributed by atoms with Crippen LogP contribution < -0.4 is 14.8 Å². The van der Waals surface area contributed by atoms with Gasteiger partial charge in [-0.2, -0.15) is 9.50 Å². The first kappa shape index (κ1) is 18.7. The topological polar surface area (TPSA) is 56.5 Å². The molecule has 4 aromatic rings. The Morgan fingerprint density at radius 3 is 2.79 bits per heavy atom. The van der Waals surface area contributed by atoms with Gasteiger partial charge in [-0.1, -0.05) is 65.4 Å². The highest BCUT2D eigenvalue weighted by Crippen LogP contribution is 2.28. The molecule has 28 heavy (non-hydrogen) atoms. The van der Waals surface area contributed by atoms with E-state index in [0.29, 0.717) is 43.3 Å². The monoisotopic (exact) mass is 429 g/mol. The number of ether oxygens (including phenoxy) is 1. The Bertz CT molecular complexity index is 1300. The van der Waals surface area contributed by atoms with Crippen LogP contribution in [0.3, 0.4) is 0 Å². The smallest absolute Gasteiger partial charge is 0.291 e. The van der Waals surface area contributed by atoms with Crippen LogP contribution in [0.25, 0.3) is 22.4 Å². The van der Waals surface area contributed by atoms with Crippen molar-refractivity contribution >= 4 is 45.6 Å². The Kier molecular flexibility index (Phi) is 5.17. The molecule has 5 nitrogen and oxygen atoms in total. The van der Waals surface area contributed by atoms with Crippen molar-refractivity contribution in [1.29, 1.82) is 0 Å². The van der Waals surface area contributed by atoms with Crippen molar-refractivity contribution in [2.24, 2.45) is 0 Å². The Morgan fingerprint density at radius 1 is 1.21 bits per heavy atom. The Hall–Kier alpha value is -2.67. The van der Waals surface area contributed by atoms with Gasteiger partial charge in [0.2, 0.25) is 4.96 Å². The third-order valence-electron chi connectivity index (χ3n) is 3.92.